The summed E-state index contributed by atoms with van der Waals surface area (Å²) >= 11 is 6.81. The molecule has 0 saturated carbocycles. The Labute approximate surface area is 149 Å². The Morgan fingerprint density at radius 1 is 1.00 bits per heavy atom. The smallest absolute Gasteiger partial charge is 0.268 e. The Hall–Kier alpha value is -2.30. The normalized spacial score (nSPS) is 16.5. The molecule has 1 aliphatic heterocycles. The zero-order valence-corrected chi connectivity index (χ0v) is 14.3. The Morgan fingerprint density at radius 3 is 2.42 bits per heavy atom. The number of thioether (sulfide) groups is 1. The van der Waals surface area contributed by atoms with E-state index in [0.717, 1.165) is 22.9 Å². The maximum atomic E-state index is 12.4. The number of carbonyl (C=O) groups is 2. The number of benzene rings is 2. The summed E-state index contributed by atoms with van der Waals surface area (Å²) in [7, 11) is 0. The van der Waals surface area contributed by atoms with Gasteiger partial charge in [0.25, 0.3) is 11.1 Å². The van der Waals surface area contributed by atoms with Gasteiger partial charge in [0.05, 0.1) is 11.4 Å². The van der Waals surface area contributed by atoms with Crippen LogP contribution in [0.1, 0.15) is 11.1 Å². The van der Waals surface area contributed by atoms with E-state index in [1.807, 2.05) is 48.5 Å². The van der Waals surface area contributed by atoms with Gasteiger partial charge in [0.1, 0.15) is 0 Å². The lowest BCUT2D eigenvalue weighted by molar-refractivity contribution is -0.123. The highest BCUT2D eigenvalue weighted by Crippen LogP contribution is 2.32. The first-order valence-corrected chi connectivity index (χ1v) is 8.54. The lowest BCUT2D eigenvalue weighted by atomic mass is 10.2. The van der Waals surface area contributed by atoms with Crippen LogP contribution in [-0.4, -0.2) is 16.0 Å². The largest absolute Gasteiger partial charge is 0.293 e. The van der Waals surface area contributed by atoms with E-state index < -0.39 is 0 Å². The van der Waals surface area contributed by atoms with E-state index in [1.165, 1.54) is 4.90 Å². The molecule has 0 atom stereocenters. The molecule has 120 valence electrons. The van der Waals surface area contributed by atoms with Gasteiger partial charge >= 0.3 is 0 Å². The molecule has 0 aromatic heterocycles. The molecule has 1 saturated heterocycles. The Balaban J connectivity index is 1.70. The standard InChI is InChI=1S/C19H14ClNO2S/c20-16-11-9-15(10-12-16)13-21-18(22)17(24-19(21)23)8-4-7-14-5-2-1-3-6-14/h1-12H,13H2/b7-4-,17-8+. The van der Waals surface area contributed by atoms with Crippen molar-refractivity contribution in [2.75, 3.05) is 0 Å². The summed E-state index contributed by atoms with van der Waals surface area (Å²) < 4.78 is 0. The van der Waals surface area contributed by atoms with Crippen LogP contribution in [0.4, 0.5) is 4.79 Å². The van der Waals surface area contributed by atoms with Crippen molar-refractivity contribution in [3.05, 3.63) is 87.8 Å². The molecule has 24 heavy (non-hydrogen) atoms. The summed E-state index contributed by atoms with van der Waals surface area (Å²) in [6.45, 7) is 0.252. The maximum Gasteiger partial charge on any atom is 0.293 e. The highest BCUT2D eigenvalue weighted by Gasteiger charge is 2.34. The van der Waals surface area contributed by atoms with Crippen LogP contribution >= 0.6 is 23.4 Å². The van der Waals surface area contributed by atoms with E-state index in [-0.39, 0.29) is 17.7 Å². The molecule has 0 spiro atoms. The van der Waals surface area contributed by atoms with E-state index >= 15 is 0 Å². The molecule has 5 heteroatoms. The summed E-state index contributed by atoms with van der Waals surface area (Å²) in [6.07, 6.45) is 5.36. The van der Waals surface area contributed by atoms with Gasteiger partial charge in [0, 0.05) is 5.02 Å². The minimum atomic E-state index is -0.266. The number of nitrogens with zero attached hydrogens (tertiary/aromatic N) is 1. The van der Waals surface area contributed by atoms with Crippen LogP contribution in [0, 0.1) is 0 Å². The number of allylic oxidation sites excluding steroid dienone is 2. The minimum Gasteiger partial charge on any atom is -0.268 e. The third kappa shape index (κ3) is 3.96. The third-order valence-corrected chi connectivity index (χ3v) is 4.64. The molecule has 2 aromatic carbocycles. The van der Waals surface area contributed by atoms with Crippen LogP contribution in [0.2, 0.25) is 5.02 Å². The number of amides is 2. The fraction of sp³-hybridized carbons (Fsp3) is 0.0526. The monoisotopic (exact) mass is 355 g/mol. The first-order valence-electron chi connectivity index (χ1n) is 7.35. The zero-order valence-electron chi connectivity index (χ0n) is 12.7. The zero-order chi connectivity index (χ0) is 16.9. The molecule has 0 aliphatic carbocycles. The van der Waals surface area contributed by atoms with Gasteiger partial charge in [0.2, 0.25) is 0 Å². The number of carbonyl (C=O) groups excluding carboxylic acids is 2. The van der Waals surface area contributed by atoms with Crippen molar-refractivity contribution in [1.82, 2.24) is 4.90 Å². The third-order valence-electron chi connectivity index (χ3n) is 3.46. The van der Waals surface area contributed by atoms with Crippen molar-refractivity contribution >= 4 is 40.6 Å². The first-order chi connectivity index (χ1) is 11.6. The number of rotatable bonds is 4. The summed E-state index contributed by atoms with van der Waals surface area (Å²) in [5.74, 6) is -0.266. The molecule has 1 fully saturated rings. The highest BCUT2D eigenvalue weighted by atomic mass is 35.5. The molecule has 0 unspecified atom stereocenters. The van der Waals surface area contributed by atoms with Gasteiger partial charge in [-0.15, -0.1) is 0 Å². The Bertz CT molecular complexity index is 813. The molecule has 3 rings (SSSR count). The van der Waals surface area contributed by atoms with Gasteiger partial charge in [-0.25, -0.2) is 0 Å². The van der Waals surface area contributed by atoms with E-state index in [1.54, 1.807) is 24.3 Å². The van der Waals surface area contributed by atoms with Crippen molar-refractivity contribution in [3.8, 4) is 0 Å². The van der Waals surface area contributed by atoms with E-state index in [0.29, 0.717) is 9.93 Å². The van der Waals surface area contributed by atoms with Gasteiger partial charge < -0.3 is 0 Å². The van der Waals surface area contributed by atoms with Crippen molar-refractivity contribution in [2.24, 2.45) is 0 Å². The maximum absolute atomic E-state index is 12.4. The quantitative estimate of drug-likeness (QED) is 0.713. The summed E-state index contributed by atoms with van der Waals surface area (Å²) in [6, 6.07) is 16.9. The van der Waals surface area contributed by atoms with Gasteiger partial charge in [-0.2, -0.15) is 0 Å². The average Bonchev–Trinajstić information content (AvgIpc) is 2.85. The Kier molecular flexibility index (Phi) is 5.18. The van der Waals surface area contributed by atoms with Crippen LogP contribution in [0.15, 0.2) is 71.7 Å². The number of hydrogen-bond acceptors (Lipinski definition) is 3. The molecule has 2 aromatic rings. The summed E-state index contributed by atoms with van der Waals surface area (Å²) in [4.78, 5) is 26.1. The predicted molar refractivity (Wildman–Crippen MR) is 98.5 cm³/mol. The second kappa shape index (κ2) is 7.51. The first kappa shape index (κ1) is 16.6. The van der Waals surface area contributed by atoms with Crippen molar-refractivity contribution in [3.63, 3.8) is 0 Å². The Morgan fingerprint density at radius 2 is 1.71 bits per heavy atom. The van der Waals surface area contributed by atoms with E-state index in [2.05, 4.69) is 0 Å². The van der Waals surface area contributed by atoms with Crippen LogP contribution in [0.5, 0.6) is 0 Å². The van der Waals surface area contributed by atoms with Crippen molar-refractivity contribution in [1.29, 1.82) is 0 Å². The molecule has 0 N–H and O–H groups in total. The lowest BCUT2D eigenvalue weighted by Gasteiger charge is -2.12. The molecule has 3 nitrogen and oxygen atoms in total. The molecule has 2 amide bonds. The van der Waals surface area contributed by atoms with Crippen molar-refractivity contribution in [2.45, 2.75) is 6.54 Å². The second-order valence-corrected chi connectivity index (χ2v) is 6.62. The predicted octanol–water partition coefficient (Wildman–Crippen LogP) is 5.13. The lowest BCUT2D eigenvalue weighted by Crippen LogP contribution is -2.27. The van der Waals surface area contributed by atoms with Gasteiger partial charge in [-0.1, -0.05) is 66.2 Å². The fourth-order valence-electron chi connectivity index (χ4n) is 2.23. The SMILES string of the molecule is O=C1S/C(=C/C=C\c2ccccc2)C(=O)N1Cc1ccc(Cl)cc1. The highest BCUT2D eigenvalue weighted by molar-refractivity contribution is 8.18. The average molecular weight is 356 g/mol. The molecule has 1 aliphatic rings. The molecular weight excluding hydrogens is 342 g/mol. The molecule has 0 radical (unpaired) electrons. The molecular formula is C19H14ClNO2S. The summed E-state index contributed by atoms with van der Waals surface area (Å²) in [5.41, 5.74) is 1.90. The molecule has 1 heterocycles. The second-order valence-electron chi connectivity index (χ2n) is 5.19. The minimum absolute atomic E-state index is 0.252. The number of halogens is 1. The van der Waals surface area contributed by atoms with Gasteiger partial charge in [-0.3, -0.25) is 14.5 Å². The molecule has 0 bridgehead atoms. The van der Waals surface area contributed by atoms with Crippen LogP contribution < -0.4 is 0 Å². The summed E-state index contributed by atoms with van der Waals surface area (Å²) in [5, 5.41) is 0.369. The van der Waals surface area contributed by atoms with Crippen LogP contribution in [0.25, 0.3) is 6.08 Å². The topological polar surface area (TPSA) is 37.4 Å². The fourth-order valence-corrected chi connectivity index (χ4v) is 3.15. The van der Waals surface area contributed by atoms with Gasteiger partial charge in [-0.05, 0) is 41.1 Å². The van der Waals surface area contributed by atoms with Gasteiger partial charge in [0.15, 0.2) is 0 Å². The van der Waals surface area contributed by atoms with E-state index in [4.69, 9.17) is 11.6 Å². The number of imide groups is 1. The number of hydrogen-bond donors (Lipinski definition) is 0. The van der Waals surface area contributed by atoms with Crippen molar-refractivity contribution < 1.29 is 9.59 Å². The van der Waals surface area contributed by atoms with Crippen LogP contribution in [0.3, 0.4) is 0 Å². The van der Waals surface area contributed by atoms with Crippen LogP contribution in [-0.2, 0) is 11.3 Å². The van der Waals surface area contributed by atoms with E-state index in [9.17, 15) is 9.59 Å².